The van der Waals surface area contributed by atoms with Crippen LogP contribution >= 0.6 is 0 Å². The first-order chi connectivity index (χ1) is 31.1. The average Bonchev–Trinajstić information content (AvgIpc) is 3.29. The number of hydrogen-bond donors (Lipinski definition) is 0. The fourth-order valence-corrected chi connectivity index (χ4v) is 10.2. The third-order valence-electron chi connectivity index (χ3n) is 15.6. The molecule has 6 aromatic carbocycles. The minimum Gasteiger partial charge on any atom is -0.0985 e. The van der Waals surface area contributed by atoms with Crippen LogP contribution in [0, 0.1) is 41.5 Å². The molecule has 0 aliphatic heterocycles. The second-order valence-electron chi connectivity index (χ2n) is 23.5. The topological polar surface area (TPSA) is 0 Å². The standard InChI is InChI=1S/C67H80/c1-20-48-21-33-59(34-22-48)67(18,19)61(53-31-43-58(44-32-53)66(16,17)47(4)51-27-39-56(40-28-51)64(11,12)13)60(45(2)49-23-35-54(36-24-49)62(5,6)7)52-29-41-57(42-30-52)65(14,15)46(3)50-25-37-55(38-26-50)63(8,9)10/h20-47,60-61H,1-5,8,11H2,6-7,9-10,12-19H3/q+6. The largest absolute Gasteiger partial charge is 0.129 e. The summed E-state index contributed by atoms with van der Waals surface area (Å²) in [4.78, 5) is 0. The summed E-state index contributed by atoms with van der Waals surface area (Å²) < 4.78 is 0. The Kier molecular flexibility index (Phi) is 14.2. The smallest absolute Gasteiger partial charge is 0.0985 e. The van der Waals surface area contributed by atoms with E-state index in [1.807, 2.05) is 6.08 Å². The summed E-state index contributed by atoms with van der Waals surface area (Å²) in [5.74, 6) is 0.0171. The normalized spacial score (nSPS) is 15.3. The Morgan fingerprint density at radius 2 is 0.612 bits per heavy atom. The lowest BCUT2D eigenvalue weighted by molar-refractivity contribution is 0.336. The molecule has 0 spiro atoms. The van der Waals surface area contributed by atoms with Gasteiger partial charge in [-0.1, -0.05) is 200 Å². The molecule has 342 valence electrons. The summed E-state index contributed by atoms with van der Waals surface area (Å²) >= 11 is 0. The Hall–Kier alpha value is -5.72. The maximum Gasteiger partial charge on any atom is 0.129 e. The molecule has 0 radical (unpaired) electrons. The summed E-state index contributed by atoms with van der Waals surface area (Å²) in [6, 6.07) is 54.8. The molecule has 0 bridgehead atoms. The van der Waals surface area contributed by atoms with Gasteiger partial charge in [0.25, 0.3) is 0 Å². The highest BCUT2D eigenvalue weighted by Gasteiger charge is 2.45. The first kappa shape index (κ1) is 50.7. The van der Waals surface area contributed by atoms with Crippen molar-refractivity contribution in [1.29, 1.82) is 0 Å². The Morgan fingerprint density at radius 1 is 0.343 bits per heavy atom. The van der Waals surface area contributed by atoms with Crippen LogP contribution in [0.2, 0.25) is 0 Å². The summed E-state index contributed by atoms with van der Waals surface area (Å²) in [5, 5.41) is 0. The predicted octanol–water partition coefficient (Wildman–Crippen LogP) is 17.9. The Balaban J connectivity index is 1.48. The highest BCUT2D eigenvalue weighted by Crippen LogP contribution is 2.54. The summed E-state index contributed by atoms with van der Waals surface area (Å²) in [6.45, 7) is 58.9. The molecule has 0 heteroatoms. The van der Waals surface area contributed by atoms with Crippen LogP contribution in [0.25, 0.3) is 6.08 Å². The Morgan fingerprint density at radius 3 is 0.940 bits per heavy atom. The molecule has 0 saturated carbocycles. The first-order valence-electron chi connectivity index (χ1n) is 24.4. The van der Waals surface area contributed by atoms with Crippen LogP contribution in [0.15, 0.2) is 152 Å². The number of rotatable bonds is 17. The van der Waals surface area contributed by atoms with Crippen molar-refractivity contribution in [1.82, 2.24) is 0 Å². The minimum absolute atomic E-state index is 0.00535. The first-order valence-corrected chi connectivity index (χ1v) is 24.4. The molecule has 6 rings (SSSR count). The molecule has 0 aliphatic rings. The molecule has 0 aliphatic carbocycles. The van der Waals surface area contributed by atoms with Crippen molar-refractivity contribution in [2.24, 2.45) is 0 Å². The lowest BCUT2D eigenvalue weighted by atomic mass is 9.59. The number of benzene rings is 6. The van der Waals surface area contributed by atoms with Gasteiger partial charge in [0.2, 0.25) is 0 Å². The van der Waals surface area contributed by atoms with E-state index in [0.717, 1.165) is 5.56 Å². The van der Waals surface area contributed by atoms with Crippen molar-refractivity contribution >= 4 is 6.08 Å². The Labute approximate surface area is 409 Å². The maximum atomic E-state index is 5.10. The van der Waals surface area contributed by atoms with Gasteiger partial charge in [0, 0.05) is 39.4 Å². The quantitative estimate of drug-likeness (QED) is 0.0801. The molecule has 0 aromatic heterocycles. The lowest BCUT2D eigenvalue weighted by Crippen LogP contribution is -2.34. The van der Waals surface area contributed by atoms with Gasteiger partial charge in [0.15, 0.2) is 0 Å². The molecule has 0 amide bonds. The van der Waals surface area contributed by atoms with Gasteiger partial charge in [-0.15, -0.1) is 0 Å². The molecular formula is C67H80+6. The van der Waals surface area contributed by atoms with Crippen molar-refractivity contribution in [2.45, 2.75) is 145 Å². The van der Waals surface area contributed by atoms with Gasteiger partial charge in [0.05, 0.1) is 41.5 Å². The zero-order chi connectivity index (χ0) is 49.5. The Bertz CT molecular complexity index is 2530. The molecule has 0 heterocycles. The van der Waals surface area contributed by atoms with Gasteiger partial charge in [-0.25, -0.2) is 0 Å². The zero-order valence-electron chi connectivity index (χ0n) is 43.3. The van der Waals surface area contributed by atoms with Crippen molar-refractivity contribution in [3.05, 3.63) is 260 Å². The van der Waals surface area contributed by atoms with Crippen LogP contribution in [0.1, 0.15) is 179 Å². The molecule has 0 fully saturated rings. The average molecular weight is 885 g/mol. The van der Waals surface area contributed by atoms with E-state index in [2.05, 4.69) is 256 Å². The van der Waals surface area contributed by atoms with Crippen LogP contribution < -0.4 is 0 Å². The van der Waals surface area contributed by atoms with Crippen LogP contribution in [0.3, 0.4) is 0 Å². The summed E-state index contributed by atoms with van der Waals surface area (Å²) in [5.41, 5.74) is 13.5. The summed E-state index contributed by atoms with van der Waals surface area (Å²) in [7, 11) is 0. The van der Waals surface area contributed by atoms with Crippen LogP contribution in [-0.4, -0.2) is 0 Å². The molecule has 5 atom stereocenters. The fraction of sp³-hybridized carbons (Fsp3) is 0.343. The van der Waals surface area contributed by atoms with Gasteiger partial charge >= 0.3 is 0 Å². The van der Waals surface area contributed by atoms with Crippen molar-refractivity contribution in [3.63, 3.8) is 0 Å². The fourth-order valence-electron chi connectivity index (χ4n) is 10.2. The SMILES string of the molecule is C=Cc1ccc(C(C)(C)C(c2ccc(C(C)(C)C([CH2+])c3ccc(C([CH2+])(C)C)cc3)cc2)C(c2ccc(C(C)(C)C([CH2+])c3ccc(C([CH2+])(C)C)cc3)cc2)C([CH2+])c2ccc(C([CH2+])(C)C)cc2)cc1. The second kappa shape index (κ2) is 18.8. The third kappa shape index (κ3) is 10.7. The molecule has 0 N–H and O–H groups in total. The summed E-state index contributed by atoms with van der Waals surface area (Å²) in [6.07, 6.45) is 1.92. The van der Waals surface area contributed by atoms with E-state index in [9.17, 15) is 0 Å². The zero-order valence-corrected chi connectivity index (χ0v) is 43.3. The van der Waals surface area contributed by atoms with E-state index in [0.29, 0.717) is 0 Å². The minimum atomic E-state index is -0.323. The monoisotopic (exact) mass is 885 g/mol. The highest BCUT2D eigenvalue weighted by atomic mass is 14.5. The third-order valence-corrected chi connectivity index (χ3v) is 15.6. The lowest BCUT2D eigenvalue weighted by Gasteiger charge is -2.42. The van der Waals surface area contributed by atoms with Crippen LogP contribution in [0.5, 0.6) is 0 Å². The van der Waals surface area contributed by atoms with Gasteiger partial charge in [0.1, 0.15) is 34.0 Å². The van der Waals surface area contributed by atoms with E-state index < -0.39 is 0 Å². The van der Waals surface area contributed by atoms with Crippen molar-refractivity contribution in [2.75, 3.05) is 0 Å². The van der Waals surface area contributed by atoms with E-state index in [1.54, 1.807) is 0 Å². The molecular weight excluding hydrogens is 805 g/mol. The van der Waals surface area contributed by atoms with E-state index in [-0.39, 0.29) is 62.1 Å². The van der Waals surface area contributed by atoms with E-state index in [1.165, 1.54) is 61.2 Å². The van der Waals surface area contributed by atoms with E-state index in [4.69, 9.17) is 20.8 Å². The van der Waals surface area contributed by atoms with Crippen LogP contribution in [-0.2, 0) is 32.5 Å². The molecule has 67 heavy (non-hydrogen) atoms. The van der Waals surface area contributed by atoms with Gasteiger partial charge < -0.3 is 0 Å². The van der Waals surface area contributed by atoms with Crippen molar-refractivity contribution < 1.29 is 0 Å². The molecule has 6 aromatic rings. The number of hydrogen-bond acceptors (Lipinski definition) is 0. The van der Waals surface area contributed by atoms with Crippen LogP contribution in [0.4, 0.5) is 0 Å². The predicted molar refractivity (Wildman–Crippen MR) is 293 cm³/mol. The van der Waals surface area contributed by atoms with Gasteiger partial charge in [-0.3, -0.25) is 0 Å². The molecule has 0 saturated heterocycles. The van der Waals surface area contributed by atoms with Crippen molar-refractivity contribution in [3.8, 4) is 0 Å². The van der Waals surface area contributed by atoms with Gasteiger partial charge in [-0.2, -0.15) is 0 Å². The second-order valence-corrected chi connectivity index (χ2v) is 23.5. The van der Waals surface area contributed by atoms with Gasteiger partial charge in [-0.05, 0) is 97.0 Å². The molecule has 5 unspecified atom stereocenters. The highest BCUT2D eigenvalue weighted by molar-refractivity contribution is 5.50. The molecule has 0 nitrogen and oxygen atoms in total. The van der Waals surface area contributed by atoms with E-state index >= 15 is 0 Å². The maximum absolute atomic E-state index is 5.10.